The summed E-state index contributed by atoms with van der Waals surface area (Å²) in [6, 6.07) is 20.3. The monoisotopic (exact) mass is 349 g/mol. The number of carbonyl (C=O) groups excluding carboxylic acids is 1. The van der Waals surface area contributed by atoms with Gasteiger partial charge in [-0.25, -0.2) is 4.39 Å². The number of rotatable bonds is 4. The standard InChI is InChI=1S/C21H20FN3O/c22-17-8-4-9-18(14-17)23-20(26)15-25-13-12-24-11-5-10-19(24)21(25)16-6-2-1-3-7-16/h1-11,14,21H,12-13,15H2,(H,23,26)/t21-/m0/s1. The molecule has 2 aromatic carbocycles. The van der Waals surface area contributed by atoms with Crippen molar-refractivity contribution >= 4 is 11.6 Å². The van der Waals surface area contributed by atoms with Crippen molar-refractivity contribution in [3.05, 3.63) is 90.0 Å². The Morgan fingerprint density at radius 3 is 2.69 bits per heavy atom. The van der Waals surface area contributed by atoms with Gasteiger partial charge in [-0.1, -0.05) is 36.4 Å². The Morgan fingerprint density at radius 1 is 1.04 bits per heavy atom. The minimum atomic E-state index is -0.360. The number of nitrogens with zero attached hydrogens (tertiary/aromatic N) is 2. The molecule has 0 radical (unpaired) electrons. The van der Waals surface area contributed by atoms with E-state index in [0.29, 0.717) is 5.69 Å². The van der Waals surface area contributed by atoms with E-state index in [-0.39, 0.29) is 24.3 Å². The van der Waals surface area contributed by atoms with Crippen LogP contribution in [0.5, 0.6) is 0 Å². The van der Waals surface area contributed by atoms with Crippen molar-refractivity contribution in [1.82, 2.24) is 9.47 Å². The van der Waals surface area contributed by atoms with Crippen molar-refractivity contribution < 1.29 is 9.18 Å². The highest BCUT2D eigenvalue weighted by molar-refractivity contribution is 5.92. The van der Waals surface area contributed by atoms with Crippen LogP contribution in [0.15, 0.2) is 72.9 Å². The fourth-order valence-electron chi connectivity index (χ4n) is 3.57. The summed E-state index contributed by atoms with van der Waals surface area (Å²) in [7, 11) is 0. The van der Waals surface area contributed by atoms with Crippen LogP contribution in [-0.4, -0.2) is 28.5 Å². The molecule has 132 valence electrons. The topological polar surface area (TPSA) is 37.3 Å². The van der Waals surface area contributed by atoms with Gasteiger partial charge in [0.1, 0.15) is 5.82 Å². The zero-order valence-electron chi connectivity index (χ0n) is 14.3. The van der Waals surface area contributed by atoms with Gasteiger partial charge in [-0.2, -0.15) is 0 Å². The van der Waals surface area contributed by atoms with Gasteiger partial charge in [0.05, 0.1) is 12.6 Å². The van der Waals surface area contributed by atoms with Gasteiger partial charge in [0.15, 0.2) is 0 Å². The van der Waals surface area contributed by atoms with Crippen LogP contribution in [0.4, 0.5) is 10.1 Å². The molecule has 4 rings (SSSR count). The molecule has 5 heteroatoms. The SMILES string of the molecule is O=C(CN1CCn2cccc2[C@@H]1c1ccccc1)Nc1cccc(F)c1. The largest absolute Gasteiger partial charge is 0.348 e. The van der Waals surface area contributed by atoms with Crippen molar-refractivity contribution in [1.29, 1.82) is 0 Å². The molecule has 1 N–H and O–H groups in total. The number of hydrogen-bond acceptors (Lipinski definition) is 2. The number of anilines is 1. The molecule has 0 unspecified atom stereocenters. The van der Waals surface area contributed by atoms with Crippen LogP contribution < -0.4 is 5.32 Å². The molecule has 2 heterocycles. The molecule has 0 saturated carbocycles. The first-order valence-electron chi connectivity index (χ1n) is 8.70. The van der Waals surface area contributed by atoms with Gasteiger partial charge >= 0.3 is 0 Å². The molecule has 0 bridgehead atoms. The maximum absolute atomic E-state index is 13.3. The lowest BCUT2D eigenvalue weighted by Gasteiger charge is -2.36. The first kappa shape index (κ1) is 16.5. The molecular formula is C21H20FN3O. The van der Waals surface area contributed by atoms with Crippen LogP contribution in [0.25, 0.3) is 0 Å². The average molecular weight is 349 g/mol. The van der Waals surface area contributed by atoms with E-state index >= 15 is 0 Å². The Bertz CT molecular complexity index is 906. The molecule has 3 aromatic rings. The third-order valence-corrected chi connectivity index (χ3v) is 4.71. The van der Waals surface area contributed by atoms with Gasteiger partial charge in [0.25, 0.3) is 0 Å². The van der Waals surface area contributed by atoms with E-state index in [0.717, 1.165) is 18.7 Å². The van der Waals surface area contributed by atoms with Gasteiger partial charge in [-0.15, -0.1) is 0 Å². The van der Waals surface area contributed by atoms with E-state index in [1.165, 1.54) is 17.8 Å². The van der Waals surface area contributed by atoms with Crippen molar-refractivity contribution in [2.75, 3.05) is 18.4 Å². The molecule has 26 heavy (non-hydrogen) atoms. The highest BCUT2D eigenvalue weighted by Gasteiger charge is 2.29. The Morgan fingerprint density at radius 2 is 1.88 bits per heavy atom. The second-order valence-electron chi connectivity index (χ2n) is 6.47. The predicted octanol–water partition coefficient (Wildman–Crippen LogP) is 3.67. The Kier molecular flexibility index (Phi) is 4.54. The van der Waals surface area contributed by atoms with E-state index in [1.54, 1.807) is 12.1 Å². The van der Waals surface area contributed by atoms with Crippen LogP contribution in [0, 0.1) is 5.82 Å². The van der Waals surface area contributed by atoms with Crippen molar-refractivity contribution in [2.24, 2.45) is 0 Å². The minimum Gasteiger partial charge on any atom is -0.348 e. The van der Waals surface area contributed by atoms with Crippen LogP contribution in [0.2, 0.25) is 0 Å². The maximum Gasteiger partial charge on any atom is 0.238 e. The number of benzene rings is 2. The summed E-state index contributed by atoms with van der Waals surface area (Å²) in [5.41, 5.74) is 2.82. The van der Waals surface area contributed by atoms with Crippen LogP contribution in [0.3, 0.4) is 0 Å². The van der Waals surface area contributed by atoms with Crippen molar-refractivity contribution in [2.45, 2.75) is 12.6 Å². The van der Waals surface area contributed by atoms with Gasteiger partial charge in [0.2, 0.25) is 5.91 Å². The molecule has 0 saturated heterocycles. The second kappa shape index (κ2) is 7.14. The van der Waals surface area contributed by atoms with E-state index in [2.05, 4.69) is 39.2 Å². The van der Waals surface area contributed by atoms with Crippen LogP contribution in [0.1, 0.15) is 17.3 Å². The van der Waals surface area contributed by atoms with E-state index in [1.807, 2.05) is 24.3 Å². The third kappa shape index (κ3) is 3.39. The summed E-state index contributed by atoms with van der Waals surface area (Å²) in [5, 5.41) is 2.79. The zero-order chi connectivity index (χ0) is 17.9. The number of nitrogens with one attached hydrogen (secondary N) is 1. The Labute approximate surface area is 151 Å². The summed E-state index contributed by atoms with van der Waals surface area (Å²) in [5.74, 6) is -0.503. The summed E-state index contributed by atoms with van der Waals surface area (Å²) in [4.78, 5) is 14.7. The molecule has 1 amide bonds. The molecule has 0 fully saturated rings. The average Bonchev–Trinajstić information content (AvgIpc) is 3.11. The van der Waals surface area contributed by atoms with Crippen molar-refractivity contribution in [3.8, 4) is 0 Å². The molecule has 1 atom stereocenters. The second-order valence-corrected chi connectivity index (χ2v) is 6.47. The van der Waals surface area contributed by atoms with E-state index in [4.69, 9.17) is 0 Å². The molecule has 0 aliphatic carbocycles. The summed E-state index contributed by atoms with van der Waals surface area (Å²) >= 11 is 0. The zero-order valence-corrected chi connectivity index (χ0v) is 14.3. The Balaban J connectivity index is 1.56. The fourth-order valence-corrected chi connectivity index (χ4v) is 3.57. The summed E-state index contributed by atoms with van der Waals surface area (Å²) in [6.45, 7) is 1.87. The molecule has 0 spiro atoms. The quantitative estimate of drug-likeness (QED) is 0.780. The van der Waals surface area contributed by atoms with Gasteiger partial charge < -0.3 is 9.88 Å². The maximum atomic E-state index is 13.3. The molecule has 1 aliphatic heterocycles. The van der Waals surface area contributed by atoms with Crippen LogP contribution >= 0.6 is 0 Å². The minimum absolute atomic E-state index is 0.0261. The lowest BCUT2D eigenvalue weighted by atomic mass is 10.00. The summed E-state index contributed by atoms with van der Waals surface area (Å²) < 4.78 is 15.6. The molecule has 1 aromatic heterocycles. The smallest absolute Gasteiger partial charge is 0.238 e. The number of hydrogen-bond donors (Lipinski definition) is 1. The number of halogens is 1. The lowest BCUT2D eigenvalue weighted by molar-refractivity contribution is -0.117. The highest BCUT2D eigenvalue weighted by Crippen LogP contribution is 2.32. The van der Waals surface area contributed by atoms with E-state index in [9.17, 15) is 9.18 Å². The Hall–Kier alpha value is -2.92. The molecule has 1 aliphatic rings. The summed E-state index contributed by atoms with van der Waals surface area (Å²) in [6.07, 6.45) is 2.08. The lowest BCUT2D eigenvalue weighted by Crippen LogP contribution is -2.42. The van der Waals surface area contributed by atoms with Gasteiger partial charge in [-0.05, 0) is 35.9 Å². The van der Waals surface area contributed by atoms with E-state index < -0.39 is 0 Å². The highest BCUT2D eigenvalue weighted by atomic mass is 19.1. The third-order valence-electron chi connectivity index (χ3n) is 4.71. The molecule has 4 nitrogen and oxygen atoms in total. The first-order valence-corrected chi connectivity index (χ1v) is 8.70. The molecular weight excluding hydrogens is 329 g/mol. The predicted molar refractivity (Wildman–Crippen MR) is 99.3 cm³/mol. The number of aromatic nitrogens is 1. The van der Waals surface area contributed by atoms with Crippen LogP contribution in [-0.2, 0) is 11.3 Å². The first-order chi connectivity index (χ1) is 12.7. The number of amides is 1. The van der Waals surface area contributed by atoms with Crippen molar-refractivity contribution in [3.63, 3.8) is 0 Å². The van der Waals surface area contributed by atoms with Gasteiger partial charge in [-0.3, -0.25) is 9.69 Å². The normalized spacial score (nSPS) is 16.9. The number of fused-ring (bicyclic) bond motifs is 1. The number of carbonyl (C=O) groups is 1. The van der Waals surface area contributed by atoms with Gasteiger partial charge in [0, 0.05) is 30.7 Å². The fraction of sp³-hybridized carbons (Fsp3) is 0.190.